The van der Waals surface area contributed by atoms with Crippen LogP contribution in [0, 0.1) is 6.92 Å². The smallest absolute Gasteiger partial charge is 0.291 e. The number of amides is 1. The van der Waals surface area contributed by atoms with Gasteiger partial charge in [0.15, 0.2) is 11.3 Å². The molecule has 8 heteroatoms. The highest BCUT2D eigenvalue weighted by atomic mass is 35.5. The van der Waals surface area contributed by atoms with Crippen LogP contribution in [0.4, 0.5) is 11.4 Å². The molecule has 1 heterocycles. The zero-order valence-corrected chi connectivity index (χ0v) is 16.4. The minimum Gasteiger partial charge on any atom is -0.449 e. The number of rotatable bonds is 6. The van der Waals surface area contributed by atoms with Crippen molar-refractivity contribution in [1.82, 2.24) is 0 Å². The lowest BCUT2D eigenvalue weighted by Crippen LogP contribution is -2.16. The third-order valence-electron chi connectivity index (χ3n) is 4.01. The monoisotopic (exact) mass is 406 g/mol. The molecule has 2 aromatic carbocycles. The zero-order chi connectivity index (χ0) is 19.6. The second-order valence-electron chi connectivity index (χ2n) is 6.13. The van der Waals surface area contributed by atoms with Crippen molar-refractivity contribution in [2.45, 2.75) is 20.3 Å². The topological polar surface area (TPSA) is 88.4 Å². The Morgan fingerprint density at radius 2 is 1.78 bits per heavy atom. The molecule has 142 valence electrons. The number of para-hydroxylation sites is 1. The number of furan rings is 1. The average Bonchev–Trinajstić information content (AvgIpc) is 2.95. The molecule has 0 radical (unpaired) electrons. The van der Waals surface area contributed by atoms with E-state index >= 15 is 0 Å². The summed E-state index contributed by atoms with van der Waals surface area (Å²) in [6, 6.07) is 11.8. The van der Waals surface area contributed by atoms with Crippen LogP contribution in [0.2, 0.25) is 5.02 Å². The predicted molar refractivity (Wildman–Crippen MR) is 108 cm³/mol. The van der Waals surface area contributed by atoms with E-state index in [1.54, 1.807) is 50.2 Å². The van der Waals surface area contributed by atoms with Crippen LogP contribution in [0.5, 0.6) is 0 Å². The van der Waals surface area contributed by atoms with E-state index in [1.807, 2.05) is 6.07 Å². The number of anilines is 2. The largest absolute Gasteiger partial charge is 0.449 e. The summed E-state index contributed by atoms with van der Waals surface area (Å²) in [6.45, 7) is 3.59. The van der Waals surface area contributed by atoms with Gasteiger partial charge in [0.25, 0.3) is 5.91 Å². The molecule has 0 spiro atoms. The van der Waals surface area contributed by atoms with Crippen molar-refractivity contribution in [1.29, 1.82) is 0 Å². The lowest BCUT2D eigenvalue weighted by molar-refractivity contribution is 0.0998. The van der Waals surface area contributed by atoms with Crippen LogP contribution in [-0.2, 0) is 10.0 Å². The number of benzene rings is 2. The molecule has 27 heavy (non-hydrogen) atoms. The predicted octanol–water partition coefficient (Wildman–Crippen LogP) is 4.80. The van der Waals surface area contributed by atoms with Crippen molar-refractivity contribution in [3.8, 4) is 0 Å². The fourth-order valence-corrected chi connectivity index (χ4v) is 4.08. The molecule has 0 bridgehead atoms. The van der Waals surface area contributed by atoms with Gasteiger partial charge in [0.1, 0.15) is 0 Å². The standard InChI is InChI=1S/C19H19ClN2O4S/c1-3-11-27(24,25)22-14-9-7-13(8-10-14)21-19(23)17-12(2)15-5-4-6-16(20)18(15)26-17/h4-10,22H,3,11H2,1-2H3,(H,21,23). The highest BCUT2D eigenvalue weighted by molar-refractivity contribution is 7.92. The molecule has 1 amide bonds. The van der Waals surface area contributed by atoms with Gasteiger partial charge in [-0.25, -0.2) is 8.42 Å². The van der Waals surface area contributed by atoms with Crippen LogP contribution in [0.25, 0.3) is 11.0 Å². The molecule has 0 aliphatic carbocycles. The van der Waals surface area contributed by atoms with Gasteiger partial charge in [0.2, 0.25) is 10.0 Å². The molecule has 3 rings (SSSR count). The molecule has 6 nitrogen and oxygen atoms in total. The number of carbonyl (C=O) groups excluding carboxylic acids is 1. The average molecular weight is 407 g/mol. The van der Waals surface area contributed by atoms with E-state index in [1.165, 1.54) is 0 Å². The molecule has 2 N–H and O–H groups in total. The highest BCUT2D eigenvalue weighted by Crippen LogP contribution is 2.31. The Kier molecular flexibility index (Phi) is 5.43. The van der Waals surface area contributed by atoms with Gasteiger partial charge in [0.05, 0.1) is 10.8 Å². The van der Waals surface area contributed by atoms with Crippen LogP contribution >= 0.6 is 11.6 Å². The van der Waals surface area contributed by atoms with E-state index in [-0.39, 0.29) is 11.5 Å². The van der Waals surface area contributed by atoms with E-state index in [0.717, 1.165) is 5.39 Å². The van der Waals surface area contributed by atoms with Crippen LogP contribution in [0.3, 0.4) is 0 Å². The van der Waals surface area contributed by atoms with Gasteiger partial charge >= 0.3 is 0 Å². The SMILES string of the molecule is CCCS(=O)(=O)Nc1ccc(NC(=O)c2oc3c(Cl)cccc3c2C)cc1. The Morgan fingerprint density at radius 1 is 1.11 bits per heavy atom. The maximum Gasteiger partial charge on any atom is 0.291 e. The van der Waals surface area contributed by atoms with Crippen LogP contribution in [0.15, 0.2) is 46.9 Å². The third kappa shape index (κ3) is 4.26. The first-order valence-corrected chi connectivity index (χ1v) is 10.4. The normalized spacial score (nSPS) is 11.5. The van der Waals surface area contributed by atoms with Gasteiger partial charge in [-0.2, -0.15) is 0 Å². The summed E-state index contributed by atoms with van der Waals surface area (Å²) in [4.78, 5) is 12.6. The summed E-state index contributed by atoms with van der Waals surface area (Å²) in [7, 11) is -3.35. The number of nitrogens with one attached hydrogen (secondary N) is 2. The molecular weight excluding hydrogens is 388 g/mol. The van der Waals surface area contributed by atoms with Gasteiger partial charge in [-0.05, 0) is 43.7 Å². The quantitative estimate of drug-likeness (QED) is 0.615. The molecule has 0 saturated carbocycles. The Hall–Kier alpha value is -2.51. The van der Waals surface area contributed by atoms with E-state index < -0.39 is 15.9 Å². The molecule has 0 saturated heterocycles. The van der Waals surface area contributed by atoms with Gasteiger partial charge in [0, 0.05) is 22.3 Å². The van der Waals surface area contributed by atoms with E-state index in [9.17, 15) is 13.2 Å². The molecular formula is C19H19ClN2O4S. The van der Waals surface area contributed by atoms with Gasteiger partial charge in [-0.15, -0.1) is 0 Å². The summed E-state index contributed by atoms with van der Waals surface area (Å²) in [5.74, 6) is -0.163. The molecule has 0 unspecified atom stereocenters. The Morgan fingerprint density at radius 3 is 2.41 bits per heavy atom. The lowest BCUT2D eigenvalue weighted by Gasteiger charge is -2.08. The van der Waals surface area contributed by atoms with E-state index in [2.05, 4.69) is 10.0 Å². The first-order chi connectivity index (χ1) is 12.8. The van der Waals surface area contributed by atoms with Crippen molar-refractivity contribution < 1.29 is 17.6 Å². The van der Waals surface area contributed by atoms with E-state index in [4.69, 9.17) is 16.0 Å². The minimum absolute atomic E-state index is 0.0549. The van der Waals surface area contributed by atoms with Crippen molar-refractivity contribution in [2.75, 3.05) is 15.8 Å². The zero-order valence-electron chi connectivity index (χ0n) is 14.9. The summed E-state index contributed by atoms with van der Waals surface area (Å²) >= 11 is 6.12. The number of hydrogen-bond donors (Lipinski definition) is 2. The molecule has 0 aliphatic heterocycles. The summed E-state index contributed by atoms with van der Waals surface area (Å²) in [6.07, 6.45) is 0.532. The van der Waals surface area contributed by atoms with Crippen LogP contribution in [-0.4, -0.2) is 20.1 Å². The first-order valence-electron chi connectivity index (χ1n) is 8.40. The number of sulfonamides is 1. The third-order valence-corrected chi connectivity index (χ3v) is 5.80. The summed E-state index contributed by atoms with van der Waals surface area (Å²) < 4.78 is 31.7. The minimum atomic E-state index is -3.35. The summed E-state index contributed by atoms with van der Waals surface area (Å²) in [5, 5.41) is 3.97. The Balaban J connectivity index is 1.77. The number of halogens is 1. The van der Waals surface area contributed by atoms with Crippen molar-refractivity contribution in [2.24, 2.45) is 0 Å². The Labute approximate surface area is 162 Å². The maximum atomic E-state index is 12.6. The molecule has 3 aromatic rings. The second kappa shape index (κ2) is 7.62. The second-order valence-corrected chi connectivity index (χ2v) is 8.37. The number of hydrogen-bond acceptors (Lipinski definition) is 4. The van der Waals surface area contributed by atoms with Crippen LogP contribution in [0.1, 0.15) is 29.5 Å². The fraction of sp³-hybridized carbons (Fsp3) is 0.211. The number of fused-ring (bicyclic) bond motifs is 1. The molecule has 0 atom stereocenters. The van der Waals surface area contributed by atoms with Crippen LogP contribution < -0.4 is 10.0 Å². The van der Waals surface area contributed by atoms with Gasteiger partial charge in [-0.1, -0.05) is 30.7 Å². The lowest BCUT2D eigenvalue weighted by atomic mass is 10.1. The molecule has 0 fully saturated rings. The Bertz CT molecular complexity index is 1090. The maximum absolute atomic E-state index is 12.6. The fourth-order valence-electron chi connectivity index (χ4n) is 2.73. The van der Waals surface area contributed by atoms with Crippen molar-refractivity contribution >= 4 is 49.9 Å². The molecule has 0 aliphatic rings. The van der Waals surface area contributed by atoms with Gasteiger partial charge < -0.3 is 9.73 Å². The first kappa shape index (κ1) is 19.3. The number of aryl methyl sites for hydroxylation is 1. The van der Waals surface area contributed by atoms with E-state index in [0.29, 0.717) is 34.0 Å². The molecule has 1 aromatic heterocycles. The van der Waals surface area contributed by atoms with Gasteiger partial charge in [-0.3, -0.25) is 9.52 Å². The number of carbonyl (C=O) groups is 1. The summed E-state index contributed by atoms with van der Waals surface area (Å²) in [5.41, 5.74) is 2.13. The van der Waals surface area contributed by atoms with Crippen molar-refractivity contribution in [3.05, 3.63) is 58.8 Å². The van der Waals surface area contributed by atoms with Crippen molar-refractivity contribution in [3.63, 3.8) is 0 Å². The highest BCUT2D eigenvalue weighted by Gasteiger charge is 2.19.